The molecule has 2 aliphatic heterocycles. The second-order valence-corrected chi connectivity index (χ2v) is 8.04. The van der Waals surface area contributed by atoms with Crippen molar-refractivity contribution in [3.05, 3.63) is 77.2 Å². The minimum Gasteiger partial charge on any atom is -0.507 e. The SMILES string of the molecule is C=CCN1C(=O)/C(=C2\SC(=S)N(NC(=O)c3ccccc3O)C2=O)c2ccccc21. The molecule has 2 N–H and O–H groups in total. The van der Waals surface area contributed by atoms with Crippen LogP contribution in [0.5, 0.6) is 5.75 Å². The molecular weight excluding hydrogens is 422 g/mol. The van der Waals surface area contributed by atoms with Crippen molar-refractivity contribution in [2.24, 2.45) is 0 Å². The molecule has 0 unspecified atom stereocenters. The van der Waals surface area contributed by atoms with E-state index in [0.29, 0.717) is 17.8 Å². The van der Waals surface area contributed by atoms with Gasteiger partial charge in [0.1, 0.15) is 5.75 Å². The first-order valence-electron chi connectivity index (χ1n) is 8.85. The molecular formula is C21H15N3O4S2. The van der Waals surface area contributed by atoms with E-state index in [1.807, 2.05) is 6.07 Å². The number of aromatic hydroxyl groups is 1. The minimum atomic E-state index is -0.693. The van der Waals surface area contributed by atoms with Crippen LogP contribution < -0.4 is 10.3 Å². The summed E-state index contributed by atoms with van der Waals surface area (Å²) in [6, 6.07) is 13.1. The number of thioether (sulfide) groups is 1. The highest BCUT2D eigenvalue weighted by Gasteiger charge is 2.42. The van der Waals surface area contributed by atoms with Crippen molar-refractivity contribution in [1.29, 1.82) is 0 Å². The van der Waals surface area contributed by atoms with Gasteiger partial charge >= 0.3 is 0 Å². The Morgan fingerprint density at radius 3 is 2.57 bits per heavy atom. The molecule has 3 amide bonds. The quantitative estimate of drug-likeness (QED) is 0.434. The van der Waals surface area contributed by atoms with Gasteiger partial charge in [-0.25, -0.2) is 0 Å². The maximum atomic E-state index is 13.1. The van der Waals surface area contributed by atoms with Crippen LogP contribution in [0.15, 0.2) is 66.1 Å². The van der Waals surface area contributed by atoms with Crippen molar-refractivity contribution in [3.8, 4) is 5.75 Å². The highest BCUT2D eigenvalue weighted by Crippen LogP contribution is 2.44. The predicted molar refractivity (Wildman–Crippen MR) is 119 cm³/mol. The number of fused-ring (bicyclic) bond motifs is 1. The maximum Gasteiger partial charge on any atom is 0.286 e. The number of amides is 3. The Morgan fingerprint density at radius 1 is 1.13 bits per heavy atom. The number of phenolic OH excluding ortho intramolecular Hbond substituents is 1. The number of anilines is 1. The number of rotatable bonds is 4. The van der Waals surface area contributed by atoms with E-state index in [9.17, 15) is 19.5 Å². The fourth-order valence-electron chi connectivity index (χ4n) is 3.25. The zero-order valence-electron chi connectivity index (χ0n) is 15.5. The van der Waals surface area contributed by atoms with Crippen molar-refractivity contribution >= 4 is 57.3 Å². The Morgan fingerprint density at radius 2 is 1.83 bits per heavy atom. The van der Waals surface area contributed by atoms with Gasteiger partial charge in [-0.15, -0.1) is 6.58 Å². The van der Waals surface area contributed by atoms with Crippen LogP contribution in [0.4, 0.5) is 5.69 Å². The molecule has 2 aromatic rings. The van der Waals surface area contributed by atoms with E-state index in [2.05, 4.69) is 12.0 Å². The molecule has 2 aromatic carbocycles. The number of nitrogens with zero attached hydrogens (tertiary/aromatic N) is 2. The van der Waals surface area contributed by atoms with Gasteiger partial charge in [0.2, 0.25) is 0 Å². The van der Waals surface area contributed by atoms with Crippen LogP contribution in [0, 0.1) is 0 Å². The van der Waals surface area contributed by atoms with Crippen LogP contribution in [0.3, 0.4) is 0 Å². The van der Waals surface area contributed by atoms with Crippen molar-refractivity contribution in [3.63, 3.8) is 0 Å². The highest BCUT2D eigenvalue weighted by molar-refractivity contribution is 8.26. The summed E-state index contributed by atoms with van der Waals surface area (Å²) in [6.07, 6.45) is 1.61. The lowest BCUT2D eigenvalue weighted by Gasteiger charge is -2.16. The third kappa shape index (κ3) is 3.17. The topological polar surface area (TPSA) is 90.0 Å². The van der Waals surface area contributed by atoms with E-state index >= 15 is 0 Å². The lowest BCUT2D eigenvalue weighted by molar-refractivity contribution is -0.124. The second-order valence-electron chi connectivity index (χ2n) is 6.39. The second kappa shape index (κ2) is 7.77. The third-order valence-electron chi connectivity index (χ3n) is 4.59. The Balaban J connectivity index is 1.69. The lowest BCUT2D eigenvalue weighted by Crippen LogP contribution is -2.45. The molecule has 0 radical (unpaired) electrons. The van der Waals surface area contributed by atoms with Crippen molar-refractivity contribution in [2.75, 3.05) is 11.4 Å². The van der Waals surface area contributed by atoms with Crippen LogP contribution in [-0.2, 0) is 9.59 Å². The first-order chi connectivity index (χ1) is 14.4. The first-order valence-corrected chi connectivity index (χ1v) is 10.1. The Kier molecular flexibility index (Phi) is 5.15. The number of para-hydroxylation sites is 2. The molecule has 1 saturated heterocycles. The molecule has 2 aliphatic rings. The summed E-state index contributed by atoms with van der Waals surface area (Å²) in [5.41, 5.74) is 3.95. The maximum absolute atomic E-state index is 13.1. The zero-order chi connectivity index (χ0) is 21.4. The molecule has 1 fully saturated rings. The summed E-state index contributed by atoms with van der Waals surface area (Å²) in [5.74, 6) is -1.85. The molecule has 30 heavy (non-hydrogen) atoms. The van der Waals surface area contributed by atoms with E-state index < -0.39 is 11.8 Å². The molecule has 2 heterocycles. The van der Waals surface area contributed by atoms with Gasteiger partial charge in [-0.3, -0.25) is 19.8 Å². The van der Waals surface area contributed by atoms with E-state index in [0.717, 1.165) is 16.8 Å². The summed E-state index contributed by atoms with van der Waals surface area (Å²) in [4.78, 5) is 40.3. The summed E-state index contributed by atoms with van der Waals surface area (Å²) in [5, 5.41) is 10.8. The van der Waals surface area contributed by atoms with Gasteiger partial charge in [0.05, 0.1) is 21.7 Å². The van der Waals surface area contributed by atoms with Crippen LogP contribution in [0.1, 0.15) is 15.9 Å². The van der Waals surface area contributed by atoms with Crippen molar-refractivity contribution < 1.29 is 19.5 Å². The van der Waals surface area contributed by atoms with E-state index in [4.69, 9.17) is 12.2 Å². The molecule has 0 saturated carbocycles. The number of hydrogen-bond donors (Lipinski definition) is 2. The number of hydrazine groups is 1. The van der Waals surface area contributed by atoms with Gasteiger partial charge in [-0.2, -0.15) is 5.01 Å². The molecule has 4 rings (SSSR count). The Hall–Kier alpha value is -3.43. The number of carbonyl (C=O) groups is 3. The molecule has 9 heteroatoms. The summed E-state index contributed by atoms with van der Waals surface area (Å²) >= 11 is 6.21. The average molecular weight is 438 g/mol. The molecule has 150 valence electrons. The highest BCUT2D eigenvalue weighted by atomic mass is 32.2. The van der Waals surface area contributed by atoms with Crippen LogP contribution in [0.25, 0.3) is 5.57 Å². The third-order valence-corrected chi connectivity index (χ3v) is 5.97. The predicted octanol–water partition coefficient (Wildman–Crippen LogP) is 2.84. The average Bonchev–Trinajstić information content (AvgIpc) is 3.16. The van der Waals surface area contributed by atoms with Crippen LogP contribution in [0.2, 0.25) is 0 Å². The fraction of sp³-hybridized carbons (Fsp3) is 0.0476. The number of hydrogen-bond acceptors (Lipinski definition) is 6. The minimum absolute atomic E-state index is 0.00125. The van der Waals surface area contributed by atoms with E-state index in [-0.39, 0.29) is 32.0 Å². The van der Waals surface area contributed by atoms with Gasteiger partial charge in [0.15, 0.2) is 4.32 Å². The monoisotopic (exact) mass is 437 g/mol. The van der Waals surface area contributed by atoms with Gasteiger partial charge < -0.3 is 10.0 Å². The molecule has 0 aromatic heterocycles. The van der Waals surface area contributed by atoms with Crippen LogP contribution in [-0.4, -0.2) is 38.7 Å². The number of phenols is 1. The molecule has 0 atom stereocenters. The van der Waals surface area contributed by atoms with E-state index in [1.165, 1.54) is 17.0 Å². The van der Waals surface area contributed by atoms with Gasteiger partial charge in [-0.05, 0) is 30.4 Å². The van der Waals surface area contributed by atoms with Crippen LogP contribution >= 0.6 is 24.0 Å². The Bertz CT molecular complexity index is 1160. The first kappa shape index (κ1) is 19.9. The fourth-order valence-corrected chi connectivity index (χ4v) is 4.50. The Labute approximate surface area is 181 Å². The van der Waals surface area contributed by atoms with Crippen molar-refractivity contribution in [1.82, 2.24) is 10.4 Å². The van der Waals surface area contributed by atoms with Gasteiger partial charge in [-0.1, -0.05) is 48.2 Å². The number of nitrogens with one attached hydrogen (secondary N) is 1. The number of carbonyl (C=O) groups excluding carboxylic acids is 3. The normalized spacial score (nSPS) is 18.1. The van der Waals surface area contributed by atoms with E-state index in [1.54, 1.807) is 36.4 Å². The van der Waals surface area contributed by atoms with Crippen molar-refractivity contribution in [2.45, 2.75) is 0 Å². The molecule has 7 nitrogen and oxygen atoms in total. The lowest BCUT2D eigenvalue weighted by atomic mass is 10.1. The van der Waals surface area contributed by atoms with Gasteiger partial charge in [0, 0.05) is 12.1 Å². The summed E-state index contributed by atoms with van der Waals surface area (Å²) in [6.45, 7) is 3.98. The number of thiocarbonyl (C=S) groups is 1. The largest absolute Gasteiger partial charge is 0.507 e. The molecule has 0 aliphatic carbocycles. The molecule has 0 bridgehead atoms. The standard InChI is InChI=1S/C21H15N3O4S2/c1-2-11-23-14-9-5-3-7-12(14)16(19(23)27)17-20(28)24(21(29)30-17)22-18(26)13-8-4-6-10-15(13)25/h2-10,25H,1,11H2,(H,22,26)/b17-16-. The smallest absolute Gasteiger partial charge is 0.286 e. The zero-order valence-corrected chi connectivity index (χ0v) is 17.1. The van der Waals surface area contributed by atoms with Gasteiger partial charge in [0.25, 0.3) is 17.7 Å². The summed E-state index contributed by atoms with van der Waals surface area (Å²) < 4.78 is 0.0822. The number of benzene rings is 2. The summed E-state index contributed by atoms with van der Waals surface area (Å²) in [7, 11) is 0. The molecule has 0 spiro atoms.